The summed E-state index contributed by atoms with van der Waals surface area (Å²) < 4.78 is 10.4. The molecule has 0 unspecified atom stereocenters. The van der Waals surface area contributed by atoms with Gasteiger partial charge in [-0.2, -0.15) is 0 Å². The van der Waals surface area contributed by atoms with Crippen LogP contribution in [-0.4, -0.2) is 56.5 Å². The Morgan fingerprint density at radius 3 is 2.17 bits per heavy atom. The number of alkyl carbamates (subject to hydrolysis) is 1. The van der Waals surface area contributed by atoms with Gasteiger partial charge in [0.2, 0.25) is 0 Å². The first-order valence-corrected chi connectivity index (χ1v) is 8.74. The fraction of sp³-hybridized carbons (Fsp3) is 0.882. The molecule has 0 radical (unpaired) electrons. The van der Waals surface area contributed by atoms with Gasteiger partial charge in [0.25, 0.3) is 0 Å². The summed E-state index contributed by atoms with van der Waals surface area (Å²) in [6.45, 7) is 14.2. The molecule has 0 aliphatic heterocycles. The lowest BCUT2D eigenvalue weighted by Crippen LogP contribution is -2.52. The number of nitrogens with zero attached hydrogens (tertiary/aromatic N) is 1. The molecule has 0 atom stereocenters. The molecule has 0 saturated heterocycles. The quantitative estimate of drug-likeness (QED) is 0.339. The Hall–Kier alpha value is -1.50. The molecule has 0 aromatic heterocycles. The Bertz CT molecular complexity index is 388. The second kappa shape index (κ2) is 11.1. The standard InChI is InChI=1S/C17H36N4O3/c1-8-17(9-2,21-15(22)24-16(4,5)6)13-20-14(18-10-3)19-11-12-23-7/h8-13H2,1-7H3,(H,21,22)(H2,18,19,20). The number of ether oxygens (including phenoxy) is 2. The average molecular weight is 345 g/mol. The van der Waals surface area contributed by atoms with Gasteiger partial charge in [0, 0.05) is 20.2 Å². The van der Waals surface area contributed by atoms with E-state index in [1.54, 1.807) is 7.11 Å². The zero-order valence-corrected chi connectivity index (χ0v) is 16.4. The number of guanidine groups is 1. The molecule has 142 valence electrons. The molecule has 0 heterocycles. The zero-order valence-electron chi connectivity index (χ0n) is 16.4. The minimum absolute atomic E-state index is 0.404. The molecule has 0 aliphatic rings. The van der Waals surface area contributed by atoms with E-state index in [0.29, 0.717) is 25.7 Å². The van der Waals surface area contributed by atoms with E-state index in [1.165, 1.54) is 0 Å². The van der Waals surface area contributed by atoms with E-state index in [-0.39, 0.29) is 0 Å². The SMILES string of the molecule is CCNC(=NCC(CC)(CC)NC(=O)OC(C)(C)C)NCCOC. The predicted molar refractivity (Wildman–Crippen MR) is 98.5 cm³/mol. The Balaban J connectivity index is 4.93. The van der Waals surface area contributed by atoms with Crippen LogP contribution in [0.15, 0.2) is 4.99 Å². The smallest absolute Gasteiger partial charge is 0.408 e. The third kappa shape index (κ3) is 9.60. The van der Waals surface area contributed by atoms with E-state index in [2.05, 4.69) is 20.9 Å². The van der Waals surface area contributed by atoms with Gasteiger partial charge in [-0.15, -0.1) is 0 Å². The van der Waals surface area contributed by atoms with Crippen molar-refractivity contribution in [2.45, 2.75) is 65.5 Å². The molecule has 0 aromatic carbocycles. The van der Waals surface area contributed by atoms with E-state index < -0.39 is 17.2 Å². The zero-order chi connectivity index (χ0) is 18.6. The number of aliphatic imine (C=N–C) groups is 1. The number of hydrogen-bond donors (Lipinski definition) is 3. The Labute approximate surface area is 147 Å². The van der Waals surface area contributed by atoms with E-state index in [0.717, 1.165) is 19.4 Å². The number of amides is 1. The molecule has 0 fully saturated rings. The summed E-state index contributed by atoms with van der Waals surface area (Å²) >= 11 is 0. The number of carbonyl (C=O) groups is 1. The van der Waals surface area contributed by atoms with Crippen LogP contribution in [0.1, 0.15) is 54.4 Å². The molecule has 1 amide bonds. The van der Waals surface area contributed by atoms with Crippen molar-refractivity contribution in [3.63, 3.8) is 0 Å². The van der Waals surface area contributed by atoms with Crippen LogP contribution in [0.2, 0.25) is 0 Å². The fourth-order valence-corrected chi connectivity index (χ4v) is 2.05. The van der Waals surface area contributed by atoms with Crippen molar-refractivity contribution in [1.29, 1.82) is 0 Å². The molecule has 0 bridgehead atoms. The van der Waals surface area contributed by atoms with Gasteiger partial charge in [-0.1, -0.05) is 13.8 Å². The summed E-state index contributed by atoms with van der Waals surface area (Å²) in [5.41, 5.74) is -0.941. The maximum Gasteiger partial charge on any atom is 0.408 e. The number of hydrogen-bond acceptors (Lipinski definition) is 4. The molecule has 0 saturated carbocycles. The molecule has 7 heteroatoms. The van der Waals surface area contributed by atoms with Gasteiger partial charge in [-0.05, 0) is 40.5 Å². The first kappa shape index (κ1) is 22.5. The highest BCUT2D eigenvalue weighted by atomic mass is 16.6. The minimum atomic E-state index is -0.517. The summed E-state index contributed by atoms with van der Waals surface area (Å²) in [5.74, 6) is 0.715. The summed E-state index contributed by atoms with van der Waals surface area (Å²) in [6.07, 6.45) is 1.13. The Morgan fingerprint density at radius 2 is 1.71 bits per heavy atom. The third-order valence-electron chi connectivity index (χ3n) is 3.60. The van der Waals surface area contributed by atoms with Crippen molar-refractivity contribution < 1.29 is 14.3 Å². The molecule has 7 nitrogen and oxygen atoms in total. The highest BCUT2D eigenvalue weighted by molar-refractivity contribution is 5.79. The number of methoxy groups -OCH3 is 1. The fourth-order valence-electron chi connectivity index (χ4n) is 2.05. The van der Waals surface area contributed by atoms with E-state index >= 15 is 0 Å². The lowest BCUT2D eigenvalue weighted by molar-refractivity contribution is 0.0452. The highest BCUT2D eigenvalue weighted by Crippen LogP contribution is 2.17. The number of nitrogens with one attached hydrogen (secondary N) is 3. The molecule has 0 aromatic rings. The monoisotopic (exact) mass is 344 g/mol. The van der Waals surface area contributed by atoms with Crippen LogP contribution in [0.3, 0.4) is 0 Å². The lowest BCUT2D eigenvalue weighted by atomic mass is 9.93. The number of carbonyl (C=O) groups excluding carboxylic acids is 1. The van der Waals surface area contributed by atoms with Gasteiger partial charge in [0.1, 0.15) is 5.60 Å². The van der Waals surface area contributed by atoms with E-state index in [9.17, 15) is 4.79 Å². The summed E-state index contributed by atoms with van der Waals surface area (Å²) in [6, 6.07) is 0. The predicted octanol–water partition coefficient (Wildman–Crippen LogP) is 2.27. The van der Waals surface area contributed by atoms with Crippen LogP contribution in [0.4, 0.5) is 4.79 Å². The number of rotatable bonds is 9. The molecule has 0 spiro atoms. The Kier molecular flexibility index (Phi) is 10.4. The van der Waals surface area contributed by atoms with E-state index in [4.69, 9.17) is 9.47 Å². The van der Waals surface area contributed by atoms with Crippen LogP contribution in [0, 0.1) is 0 Å². The maximum absolute atomic E-state index is 12.1. The summed E-state index contributed by atoms with van der Waals surface area (Å²) in [4.78, 5) is 16.8. The van der Waals surface area contributed by atoms with Crippen molar-refractivity contribution in [2.24, 2.45) is 4.99 Å². The average Bonchev–Trinajstić information content (AvgIpc) is 2.49. The summed E-state index contributed by atoms with van der Waals surface area (Å²) in [5, 5.41) is 9.40. The first-order chi connectivity index (χ1) is 11.2. The second-order valence-electron chi connectivity index (χ2n) is 6.73. The molecule has 0 aliphatic carbocycles. The molecule has 24 heavy (non-hydrogen) atoms. The van der Waals surface area contributed by atoms with Crippen molar-refractivity contribution in [3.8, 4) is 0 Å². The summed E-state index contributed by atoms with van der Waals surface area (Å²) in [7, 11) is 1.66. The van der Waals surface area contributed by atoms with Crippen molar-refractivity contribution in [2.75, 3.05) is 33.4 Å². The van der Waals surface area contributed by atoms with Crippen molar-refractivity contribution in [1.82, 2.24) is 16.0 Å². The molecule has 3 N–H and O–H groups in total. The van der Waals surface area contributed by atoms with Gasteiger partial charge in [-0.3, -0.25) is 4.99 Å². The van der Waals surface area contributed by atoms with E-state index in [1.807, 2.05) is 41.5 Å². The Morgan fingerprint density at radius 1 is 1.08 bits per heavy atom. The van der Waals surface area contributed by atoms with Crippen LogP contribution in [-0.2, 0) is 9.47 Å². The van der Waals surface area contributed by atoms with Crippen LogP contribution in [0.25, 0.3) is 0 Å². The third-order valence-corrected chi connectivity index (χ3v) is 3.60. The van der Waals surface area contributed by atoms with Crippen LogP contribution >= 0.6 is 0 Å². The van der Waals surface area contributed by atoms with Crippen molar-refractivity contribution >= 4 is 12.1 Å². The topological polar surface area (TPSA) is 84.0 Å². The van der Waals surface area contributed by atoms with Crippen LogP contribution in [0.5, 0.6) is 0 Å². The maximum atomic E-state index is 12.1. The highest BCUT2D eigenvalue weighted by Gasteiger charge is 2.30. The largest absolute Gasteiger partial charge is 0.444 e. The molecular weight excluding hydrogens is 308 g/mol. The lowest BCUT2D eigenvalue weighted by Gasteiger charge is -2.32. The van der Waals surface area contributed by atoms with Crippen LogP contribution < -0.4 is 16.0 Å². The van der Waals surface area contributed by atoms with Gasteiger partial charge >= 0.3 is 6.09 Å². The van der Waals surface area contributed by atoms with Gasteiger partial charge < -0.3 is 25.4 Å². The normalized spacial score (nSPS) is 12.7. The van der Waals surface area contributed by atoms with Gasteiger partial charge in [0.15, 0.2) is 5.96 Å². The van der Waals surface area contributed by atoms with Gasteiger partial charge in [-0.25, -0.2) is 4.79 Å². The molecular formula is C17H36N4O3. The van der Waals surface area contributed by atoms with Gasteiger partial charge in [0.05, 0.1) is 18.7 Å². The molecule has 0 rings (SSSR count). The minimum Gasteiger partial charge on any atom is -0.444 e. The van der Waals surface area contributed by atoms with Crippen molar-refractivity contribution in [3.05, 3.63) is 0 Å². The first-order valence-electron chi connectivity index (χ1n) is 8.74. The second-order valence-corrected chi connectivity index (χ2v) is 6.73.